The van der Waals surface area contributed by atoms with Crippen LogP contribution in [0.25, 0.3) is 0 Å². The number of aryl methyl sites for hydroxylation is 1. The van der Waals surface area contributed by atoms with E-state index in [1.807, 2.05) is 6.07 Å². The molecule has 2 rings (SSSR count). The molecule has 0 unspecified atom stereocenters. The van der Waals surface area contributed by atoms with Gasteiger partial charge in [-0.25, -0.2) is 0 Å². The number of rotatable bonds is 1. The van der Waals surface area contributed by atoms with Crippen molar-refractivity contribution in [2.75, 3.05) is 13.7 Å². The molecule has 1 aliphatic rings. The Bertz CT molecular complexity index is 485. The first-order valence-electron chi connectivity index (χ1n) is 5.93. The fraction of sp³-hybridized carbons (Fsp3) is 0.462. The van der Waals surface area contributed by atoms with Gasteiger partial charge in [0, 0.05) is 13.1 Å². The zero-order valence-corrected chi connectivity index (χ0v) is 10.5. The average molecular weight is 273 g/mol. The molecule has 1 heterocycles. The summed E-state index contributed by atoms with van der Waals surface area (Å²) < 4.78 is 42.4. The fourth-order valence-corrected chi connectivity index (χ4v) is 2.21. The molecule has 0 atom stereocenters. The van der Waals surface area contributed by atoms with Crippen LogP contribution in [0, 0.1) is 0 Å². The van der Waals surface area contributed by atoms with Crippen molar-refractivity contribution in [2.45, 2.75) is 25.6 Å². The molecule has 6 heteroatoms. The van der Waals surface area contributed by atoms with Gasteiger partial charge in [-0.2, -0.15) is 13.2 Å². The summed E-state index contributed by atoms with van der Waals surface area (Å²) in [5.41, 5.74) is 1.69. The van der Waals surface area contributed by atoms with Gasteiger partial charge in [-0.05, 0) is 36.1 Å². The summed E-state index contributed by atoms with van der Waals surface area (Å²) in [7, 11) is 1.54. The Kier molecular flexibility index (Phi) is 3.68. The Morgan fingerprint density at radius 1 is 1.32 bits per heavy atom. The van der Waals surface area contributed by atoms with E-state index >= 15 is 0 Å². The van der Waals surface area contributed by atoms with Crippen LogP contribution >= 0.6 is 0 Å². The van der Waals surface area contributed by atoms with E-state index in [4.69, 9.17) is 4.74 Å². The maximum Gasteiger partial charge on any atom is 0.471 e. The van der Waals surface area contributed by atoms with E-state index in [-0.39, 0.29) is 13.1 Å². The molecule has 3 nitrogen and oxygen atoms in total. The maximum absolute atomic E-state index is 12.4. The van der Waals surface area contributed by atoms with Crippen molar-refractivity contribution >= 4 is 5.91 Å². The molecule has 104 valence electrons. The van der Waals surface area contributed by atoms with E-state index in [0.29, 0.717) is 18.6 Å². The van der Waals surface area contributed by atoms with Crippen LogP contribution in [0.2, 0.25) is 0 Å². The Labute approximate surface area is 109 Å². The SMILES string of the molecule is COc1ccc2c(c1)CCCN(C(=O)C(F)(F)F)C2. The molecule has 1 aliphatic heterocycles. The minimum Gasteiger partial charge on any atom is -0.497 e. The van der Waals surface area contributed by atoms with Crippen molar-refractivity contribution in [2.24, 2.45) is 0 Å². The summed E-state index contributed by atoms with van der Waals surface area (Å²) >= 11 is 0. The molecule has 1 aromatic carbocycles. The predicted octanol–water partition coefficient (Wildman–Crippen LogP) is 2.53. The van der Waals surface area contributed by atoms with E-state index in [1.54, 1.807) is 12.1 Å². The monoisotopic (exact) mass is 273 g/mol. The Morgan fingerprint density at radius 2 is 2.05 bits per heavy atom. The smallest absolute Gasteiger partial charge is 0.471 e. The number of fused-ring (bicyclic) bond motifs is 1. The van der Waals surface area contributed by atoms with Crippen LogP contribution < -0.4 is 4.74 Å². The van der Waals surface area contributed by atoms with Crippen molar-refractivity contribution in [3.63, 3.8) is 0 Å². The highest BCUT2D eigenvalue weighted by Crippen LogP contribution is 2.26. The van der Waals surface area contributed by atoms with Crippen LogP contribution in [-0.4, -0.2) is 30.6 Å². The van der Waals surface area contributed by atoms with Crippen LogP contribution in [0.5, 0.6) is 5.75 Å². The summed E-state index contributed by atoms with van der Waals surface area (Å²) in [6.07, 6.45) is -3.65. The number of nitrogens with zero attached hydrogens (tertiary/aromatic N) is 1. The number of alkyl halides is 3. The molecule has 0 aromatic heterocycles. The lowest BCUT2D eigenvalue weighted by molar-refractivity contribution is -0.186. The summed E-state index contributed by atoms with van der Waals surface area (Å²) in [6.45, 7) is 0.118. The first-order chi connectivity index (χ1) is 8.91. The molecule has 1 amide bonds. The second-order valence-electron chi connectivity index (χ2n) is 4.46. The number of carbonyl (C=O) groups excluding carboxylic acids is 1. The Balaban J connectivity index is 2.23. The molecule has 0 spiro atoms. The third kappa shape index (κ3) is 3.00. The molecular weight excluding hydrogens is 259 g/mol. The number of hydrogen-bond acceptors (Lipinski definition) is 2. The summed E-state index contributed by atoms with van der Waals surface area (Å²) in [5, 5.41) is 0. The first kappa shape index (κ1) is 13.7. The summed E-state index contributed by atoms with van der Waals surface area (Å²) in [4.78, 5) is 12.1. The van der Waals surface area contributed by atoms with Crippen LogP contribution in [-0.2, 0) is 17.8 Å². The number of halogens is 3. The van der Waals surface area contributed by atoms with E-state index in [9.17, 15) is 18.0 Å². The molecular formula is C13H14F3NO2. The third-order valence-corrected chi connectivity index (χ3v) is 3.18. The number of ether oxygens (including phenoxy) is 1. The molecule has 19 heavy (non-hydrogen) atoms. The minimum absolute atomic E-state index is 0.00231. The van der Waals surface area contributed by atoms with Gasteiger partial charge in [0.05, 0.1) is 7.11 Å². The van der Waals surface area contributed by atoms with E-state index in [0.717, 1.165) is 16.0 Å². The lowest BCUT2D eigenvalue weighted by Gasteiger charge is -2.22. The standard InChI is InChI=1S/C13H14F3NO2/c1-19-11-5-4-10-8-17(12(18)13(14,15)16)6-2-3-9(10)7-11/h4-5,7H,2-3,6,8H2,1H3. The van der Waals surface area contributed by atoms with Gasteiger partial charge in [0.2, 0.25) is 0 Å². The minimum atomic E-state index is -4.81. The van der Waals surface area contributed by atoms with Gasteiger partial charge in [0.15, 0.2) is 0 Å². The summed E-state index contributed by atoms with van der Waals surface area (Å²) in [5.74, 6) is -1.09. The number of amides is 1. The van der Waals surface area contributed by atoms with E-state index in [2.05, 4.69) is 0 Å². The van der Waals surface area contributed by atoms with Crippen molar-refractivity contribution in [3.8, 4) is 5.75 Å². The Morgan fingerprint density at radius 3 is 2.68 bits per heavy atom. The van der Waals surface area contributed by atoms with Crippen molar-refractivity contribution in [3.05, 3.63) is 29.3 Å². The topological polar surface area (TPSA) is 29.5 Å². The third-order valence-electron chi connectivity index (χ3n) is 3.18. The number of carbonyl (C=O) groups is 1. The van der Waals surface area contributed by atoms with Crippen LogP contribution in [0.4, 0.5) is 13.2 Å². The van der Waals surface area contributed by atoms with E-state index < -0.39 is 12.1 Å². The van der Waals surface area contributed by atoms with Gasteiger partial charge in [-0.1, -0.05) is 6.07 Å². The zero-order chi connectivity index (χ0) is 14.0. The largest absolute Gasteiger partial charge is 0.497 e. The lowest BCUT2D eigenvalue weighted by Crippen LogP contribution is -2.40. The number of hydrogen-bond donors (Lipinski definition) is 0. The molecule has 0 fully saturated rings. The zero-order valence-electron chi connectivity index (χ0n) is 10.5. The normalized spacial score (nSPS) is 15.7. The van der Waals surface area contributed by atoms with Gasteiger partial charge in [-0.3, -0.25) is 4.79 Å². The van der Waals surface area contributed by atoms with Crippen LogP contribution in [0.15, 0.2) is 18.2 Å². The molecule has 0 radical (unpaired) electrons. The van der Waals surface area contributed by atoms with Crippen molar-refractivity contribution in [1.29, 1.82) is 0 Å². The fourth-order valence-electron chi connectivity index (χ4n) is 2.21. The van der Waals surface area contributed by atoms with Crippen molar-refractivity contribution in [1.82, 2.24) is 4.90 Å². The number of methoxy groups -OCH3 is 1. The lowest BCUT2D eigenvalue weighted by atomic mass is 10.0. The molecule has 0 bridgehead atoms. The van der Waals surface area contributed by atoms with Gasteiger partial charge in [0.25, 0.3) is 0 Å². The van der Waals surface area contributed by atoms with Crippen molar-refractivity contribution < 1.29 is 22.7 Å². The molecule has 1 aromatic rings. The summed E-state index contributed by atoms with van der Waals surface area (Å²) in [6, 6.07) is 5.23. The van der Waals surface area contributed by atoms with E-state index in [1.165, 1.54) is 7.11 Å². The quantitative estimate of drug-likeness (QED) is 0.787. The molecule has 0 N–H and O–H groups in total. The first-order valence-corrected chi connectivity index (χ1v) is 5.93. The van der Waals surface area contributed by atoms with Gasteiger partial charge >= 0.3 is 12.1 Å². The number of benzene rings is 1. The average Bonchev–Trinajstić information content (AvgIpc) is 2.57. The molecule has 0 saturated carbocycles. The second-order valence-corrected chi connectivity index (χ2v) is 4.46. The predicted molar refractivity (Wildman–Crippen MR) is 62.8 cm³/mol. The maximum atomic E-state index is 12.4. The van der Waals surface area contributed by atoms with Gasteiger partial charge < -0.3 is 9.64 Å². The van der Waals surface area contributed by atoms with Gasteiger partial charge in [-0.15, -0.1) is 0 Å². The highest BCUT2D eigenvalue weighted by atomic mass is 19.4. The second kappa shape index (κ2) is 5.11. The molecule has 0 saturated heterocycles. The molecule has 0 aliphatic carbocycles. The highest BCUT2D eigenvalue weighted by molar-refractivity contribution is 5.82. The Hall–Kier alpha value is -1.72. The highest BCUT2D eigenvalue weighted by Gasteiger charge is 2.42. The van der Waals surface area contributed by atoms with Crippen LogP contribution in [0.1, 0.15) is 17.5 Å². The van der Waals surface area contributed by atoms with Crippen LogP contribution in [0.3, 0.4) is 0 Å². The van der Waals surface area contributed by atoms with Gasteiger partial charge in [0.1, 0.15) is 5.75 Å².